The van der Waals surface area contributed by atoms with Crippen molar-refractivity contribution in [1.82, 2.24) is 0 Å². The fraction of sp³-hybridized carbons (Fsp3) is 0.595. The summed E-state index contributed by atoms with van der Waals surface area (Å²) >= 11 is 0. The summed E-state index contributed by atoms with van der Waals surface area (Å²) in [6, 6.07) is 8.04. The molecule has 4 rings (SSSR count). The molecule has 0 N–H and O–H groups in total. The lowest BCUT2D eigenvalue weighted by molar-refractivity contribution is -0.224. The van der Waals surface area contributed by atoms with Gasteiger partial charge >= 0.3 is 35.8 Å². The first-order valence-corrected chi connectivity index (χ1v) is 16.7. The van der Waals surface area contributed by atoms with E-state index in [1.165, 1.54) is 25.1 Å². The largest absolute Gasteiger partial charge is 0.458 e. The molecule has 14 nitrogen and oxygen atoms in total. The molecule has 0 radical (unpaired) electrons. The number of carbonyl (C=O) groups excluding carboxylic acids is 7. The number of benzene rings is 1. The lowest BCUT2D eigenvalue weighted by atomic mass is 9.71. The van der Waals surface area contributed by atoms with Gasteiger partial charge in [-0.1, -0.05) is 45.0 Å². The normalized spacial score (nSPS) is 35.1. The summed E-state index contributed by atoms with van der Waals surface area (Å²) in [5, 5.41) is 0. The number of rotatable bonds is 7. The minimum atomic E-state index is -2.15. The Morgan fingerprint density at radius 3 is 1.82 bits per heavy atom. The minimum absolute atomic E-state index is 0.0496. The third-order valence-corrected chi connectivity index (χ3v) is 9.79. The molecule has 1 aliphatic heterocycles. The SMILES string of the molecule is CC(=O)O[C@@H]1[C@@H](OC(C)=O)C(=O)/C(C)=C/[C@H]2[C@@H](OC(=O)c3ccccc3)[C@@H](C)[C@H](OC(C)=O)[C@]2(OC(C)=O)[C@H](OC(C)=O)[C@]2(C)O[C@H]2CC1(C)C. The molecule has 1 aromatic rings. The molecule has 14 heteroatoms. The van der Waals surface area contributed by atoms with Crippen molar-refractivity contribution in [3.63, 3.8) is 0 Å². The molecule has 1 saturated carbocycles. The Hall–Kier alpha value is -4.59. The maximum absolute atomic E-state index is 14.4. The van der Waals surface area contributed by atoms with Crippen LogP contribution in [0.25, 0.3) is 0 Å². The Bertz CT molecular complexity index is 1610. The zero-order valence-electron chi connectivity index (χ0n) is 30.5. The smallest absolute Gasteiger partial charge is 0.338 e. The third kappa shape index (κ3) is 7.85. The van der Waals surface area contributed by atoms with E-state index in [9.17, 15) is 33.6 Å². The van der Waals surface area contributed by atoms with Gasteiger partial charge in [0, 0.05) is 46.0 Å². The lowest BCUT2D eigenvalue weighted by Crippen LogP contribution is -2.64. The number of Topliss-reactive ketones (excluding diaryl/α,β-unsaturated/α-hetero) is 1. The summed E-state index contributed by atoms with van der Waals surface area (Å²) in [5.41, 5.74) is -4.61. The van der Waals surface area contributed by atoms with Crippen LogP contribution in [-0.2, 0) is 61.9 Å². The van der Waals surface area contributed by atoms with Gasteiger partial charge in [0.05, 0.1) is 17.6 Å². The third-order valence-electron chi connectivity index (χ3n) is 9.79. The van der Waals surface area contributed by atoms with Gasteiger partial charge in [-0.15, -0.1) is 0 Å². The van der Waals surface area contributed by atoms with Crippen molar-refractivity contribution in [3.05, 3.63) is 47.5 Å². The molecule has 2 fully saturated rings. The number of hydrogen-bond acceptors (Lipinski definition) is 14. The van der Waals surface area contributed by atoms with Crippen molar-refractivity contribution in [3.8, 4) is 0 Å². The maximum Gasteiger partial charge on any atom is 0.338 e. The highest BCUT2D eigenvalue weighted by Gasteiger charge is 2.77. The highest BCUT2D eigenvalue weighted by molar-refractivity contribution is 6.00. The van der Waals surface area contributed by atoms with Crippen LogP contribution >= 0.6 is 0 Å². The van der Waals surface area contributed by atoms with E-state index in [4.69, 9.17) is 33.2 Å². The van der Waals surface area contributed by atoms with Gasteiger partial charge in [0.1, 0.15) is 11.7 Å². The highest BCUT2D eigenvalue weighted by Crippen LogP contribution is 2.59. The second kappa shape index (κ2) is 14.6. The number of epoxide rings is 1. The average molecular weight is 715 g/mol. The number of hydrogen-bond donors (Lipinski definition) is 0. The van der Waals surface area contributed by atoms with Gasteiger partial charge in [-0.2, -0.15) is 0 Å². The van der Waals surface area contributed by atoms with Crippen molar-refractivity contribution in [1.29, 1.82) is 0 Å². The van der Waals surface area contributed by atoms with E-state index < -0.39 is 107 Å². The van der Waals surface area contributed by atoms with Crippen molar-refractivity contribution in [2.75, 3.05) is 0 Å². The topological polar surface area (TPSA) is 187 Å². The minimum Gasteiger partial charge on any atom is -0.458 e. The van der Waals surface area contributed by atoms with E-state index >= 15 is 0 Å². The van der Waals surface area contributed by atoms with Gasteiger partial charge in [-0.25, -0.2) is 4.79 Å². The number of ketones is 1. The van der Waals surface area contributed by atoms with Crippen molar-refractivity contribution >= 4 is 41.6 Å². The van der Waals surface area contributed by atoms with Crippen LogP contribution in [-0.4, -0.2) is 89.4 Å². The van der Waals surface area contributed by atoms with Crippen LogP contribution in [0.4, 0.5) is 0 Å². The zero-order chi connectivity index (χ0) is 38.2. The van der Waals surface area contributed by atoms with Gasteiger partial charge in [0.25, 0.3) is 0 Å². The van der Waals surface area contributed by atoms with Crippen LogP contribution in [0.15, 0.2) is 42.0 Å². The summed E-state index contributed by atoms with van der Waals surface area (Å²) in [5.74, 6) is -7.84. The van der Waals surface area contributed by atoms with Crippen molar-refractivity contribution in [2.24, 2.45) is 17.3 Å². The average Bonchev–Trinajstić information content (AvgIpc) is 3.62. The van der Waals surface area contributed by atoms with Gasteiger partial charge in [-0.05, 0) is 38.0 Å². The zero-order valence-corrected chi connectivity index (χ0v) is 30.5. The maximum atomic E-state index is 14.4. The highest BCUT2D eigenvalue weighted by atomic mass is 16.7. The second-order valence-corrected chi connectivity index (χ2v) is 14.3. The van der Waals surface area contributed by atoms with Gasteiger partial charge in [0.15, 0.2) is 23.9 Å². The molecular formula is C37H46O14. The molecule has 0 spiro atoms. The predicted octanol–water partition coefficient (Wildman–Crippen LogP) is 3.61. The lowest BCUT2D eigenvalue weighted by Gasteiger charge is -2.45. The summed E-state index contributed by atoms with van der Waals surface area (Å²) in [6.07, 6.45) is -6.55. The van der Waals surface area contributed by atoms with E-state index in [2.05, 4.69) is 0 Å². The van der Waals surface area contributed by atoms with E-state index in [0.29, 0.717) is 0 Å². The van der Waals surface area contributed by atoms with Gasteiger partial charge in [0.2, 0.25) is 11.9 Å². The molecule has 3 aliphatic rings. The van der Waals surface area contributed by atoms with Crippen LogP contribution in [0.1, 0.15) is 86.0 Å². The molecule has 10 atom stereocenters. The first-order valence-electron chi connectivity index (χ1n) is 16.7. The molecular weight excluding hydrogens is 668 g/mol. The van der Waals surface area contributed by atoms with Crippen LogP contribution in [0.5, 0.6) is 0 Å². The first kappa shape index (κ1) is 39.2. The van der Waals surface area contributed by atoms with Crippen LogP contribution in [0.3, 0.4) is 0 Å². The number of carbonyl (C=O) groups is 7. The van der Waals surface area contributed by atoms with Gasteiger partial charge in [-0.3, -0.25) is 28.8 Å². The number of ether oxygens (including phenoxy) is 7. The Kier molecular flexibility index (Phi) is 11.2. The summed E-state index contributed by atoms with van der Waals surface area (Å²) in [4.78, 5) is 91.9. The number of esters is 6. The Balaban J connectivity index is 2.09. The summed E-state index contributed by atoms with van der Waals surface area (Å²) in [6.45, 7) is 13.7. The molecule has 0 bridgehead atoms. The molecule has 1 aromatic carbocycles. The Morgan fingerprint density at radius 2 is 1.29 bits per heavy atom. The van der Waals surface area contributed by atoms with Crippen LogP contribution in [0.2, 0.25) is 0 Å². The molecule has 51 heavy (non-hydrogen) atoms. The molecule has 2 aliphatic carbocycles. The molecule has 0 aromatic heterocycles. The molecule has 0 unspecified atom stereocenters. The van der Waals surface area contributed by atoms with Crippen molar-refractivity contribution in [2.45, 2.75) is 123 Å². The fourth-order valence-electron chi connectivity index (χ4n) is 7.64. The Labute approximate surface area is 296 Å². The Morgan fingerprint density at radius 1 is 0.745 bits per heavy atom. The second-order valence-electron chi connectivity index (χ2n) is 14.3. The van der Waals surface area contributed by atoms with E-state index in [1.54, 1.807) is 45.9 Å². The van der Waals surface area contributed by atoms with Gasteiger partial charge < -0.3 is 33.2 Å². The standard InChI is InChI=1S/C37H46O14/c1-18-16-26-29(49-33(44)25-14-12-11-13-15-25)19(2)31(46-21(4)39)37(26,50-24(7)42)34(48-23(6)41)36(10)27(51-36)17-35(8,9)32(47-22(5)40)30(28(18)43)45-20(3)38/h11-16,19,26-27,29-32,34H,17H2,1-10H3/b18-16+/t19-,26+,27+,29+,30+,31+,32-,34-,36-,37+/m1/s1. The van der Waals surface area contributed by atoms with Crippen LogP contribution in [0, 0.1) is 17.3 Å². The summed E-state index contributed by atoms with van der Waals surface area (Å²) < 4.78 is 41.8. The quantitative estimate of drug-likeness (QED) is 0.226. The fourth-order valence-corrected chi connectivity index (χ4v) is 7.64. The molecule has 1 saturated heterocycles. The van der Waals surface area contributed by atoms with E-state index in [0.717, 1.165) is 34.6 Å². The molecule has 0 amide bonds. The first-order chi connectivity index (χ1) is 23.6. The predicted molar refractivity (Wildman–Crippen MR) is 175 cm³/mol. The number of fused-ring (bicyclic) bond motifs is 2. The van der Waals surface area contributed by atoms with E-state index in [-0.39, 0.29) is 17.6 Å². The van der Waals surface area contributed by atoms with Crippen LogP contribution < -0.4 is 0 Å². The van der Waals surface area contributed by atoms with E-state index in [1.807, 2.05) is 0 Å². The monoisotopic (exact) mass is 714 g/mol. The summed E-state index contributed by atoms with van der Waals surface area (Å²) in [7, 11) is 0. The molecule has 1 heterocycles. The molecule has 278 valence electrons. The van der Waals surface area contributed by atoms with Crippen molar-refractivity contribution < 1.29 is 66.7 Å².